The van der Waals surface area contributed by atoms with E-state index in [1.54, 1.807) is 30.2 Å². The van der Waals surface area contributed by atoms with Crippen LogP contribution < -0.4 is 15.6 Å². The molecule has 0 atom stereocenters. The number of methoxy groups -OCH3 is 1. The van der Waals surface area contributed by atoms with Gasteiger partial charge in [-0.25, -0.2) is 20.4 Å². The zero-order valence-electron chi connectivity index (χ0n) is 12.0. The largest absolute Gasteiger partial charge is 0.478 e. The number of rotatable bonds is 5. The summed E-state index contributed by atoms with van der Waals surface area (Å²) in [5.41, 5.74) is 6.33. The topological polar surface area (TPSA) is 94.0 Å². The Labute approximate surface area is 121 Å². The van der Waals surface area contributed by atoms with Gasteiger partial charge in [0, 0.05) is 19.3 Å². The molecule has 110 valence electrons. The molecule has 0 saturated heterocycles. The van der Waals surface area contributed by atoms with Gasteiger partial charge in [-0.15, -0.1) is 0 Å². The van der Waals surface area contributed by atoms with Crippen LogP contribution >= 0.6 is 0 Å². The fourth-order valence-corrected chi connectivity index (χ4v) is 1.64. The lowest BCUT2D eigenvalue weighted by Crippen LogP contribution is -2.32. The Bertz CT molecular complexity index is 664. The van der Waals surface area contributed by atoms with E-state index < -0.39 is 0 Å². The monoisotopic (exact) mass is 288 g/mol. The Morgan fingerprint density at radius 1 is 1.43 bits per heavy atom. The summed E-state index contributed by atoms with van der Waals surface area (Å²) in [6, 6.07) is 0. The Kier molecular flexibility index (Phi) is 4.62. The van der Waals surface area contributed by atoms with Gasteiger partial charge in [0.15, 0.2) is 0 Å². The molecule has 0 aliphatic rings. The van der Waals surface area contributed by atoms with E-state index in [-0.39, 0.29) is 5.91 Å². The number of aryl methyl sites for hydroxylation is 1. The average Bonchev–Trinajstić information content (AvgIpc) is 2.91. The van der Waals surface area contributed by atoms with E-state index in [2.05, 4.69) is 25.8 Å². The molecule has 0 aliphatic heterocycles. The number of carbonyl (C=O) groups is 1. The first-order chi connectivity index (χ1) is 10.1. The summed E-state index contributed by atoms with van der Waals surface area (Å²) in [5, 5.41) is 0. The van der Waals surface area contributed by atoms with Gasteiger partial charge >= 0.3 is 0 Å². The SMILES string of the molecule is CNNC(=O)/C=C/c1cnc(-n2cnc(C)c2)c(OC)n1. The minimum Gasteiger partial charge on any atom is -0.478 e. The maximum absolute atomic E-state index is 11.3. The van der Waals surface area contributed by atoms with Gasteiger partial charge in [0.05, 0.1) is 24.7 Å². The zero-order chi connectivity index (χ0) is 15.2. The molecule has 2 rings (SSSR count). The molecule has 2 aromatic rings. The Morgan fingerprint density at radius 2 is 2.24 bits per heavy atom. The van der Waals surface area contributed by atoms with Crippen LogP contribution in [0.15, 0.2) is 24.8 Å². The average molecular weight is 288 g/mol. The minimum absolute atomic E-state index is 0.285. The van der Waals surface area contributed by atoms with E-state index in [1.807, 2.05) is 13.1 Å². The van der Waals surface area contributed by atoms with Gasteiger partial charge in [-0.1, -0.05) is 0 Å². The first kappa shape index (κ1) is 14.7. The molecule has 0 fully saturated rings. The van der Waals surface area contributed by atoms with Crippen LogP contribution in [0, 0.1) is 6.92 Å². The quantitative estimate of drug-likeness (QED) is 0.605. The molecular weight excluding hydrogens is 272 g/mol. The van der Waals surface area contributed by atoms with E-state index in [0.717, 1.165) is 5.69 Å². The summed E-state index contributed by atoms with van der Waals surface area (Å²) >= 11 is 0. The second-order valence-corrected chi connectivity index (χ2v) is 4.12. The fraction of sp³-hybridized carbons (Fsp3) is 0.231. The second kappa shape index (κ2) is 6.62. The highest BCUT2D eigenvalue weighted by Gasteiger charge is 2.09. The van der Waals surface area contributed by atoms with Gasteiger partial charge in [-0.2, -0.15) is 0 Å². The van der Waals surface area contributed by atoms with E-state index >= 15 is 0 Å². The Hall–Kier alpha value is -2.74. The molecule has 0 unspecified atom stereocenters. The number of imidazole rings is 1. The van der Waals surface area contributed by atoms with Crippen LogP contribution in [-0.2, 0) is 4.79 Å². The molecule has 0 bridgehead atoms. The van der Waals surface area contributed by atoms with E-state index in [9.17, 15) is 4.79 Å². The fourth-order valence-electron chi connectivity index (χ4n) is 1.64. The lowest BCUT2D eigenvalue weighted by Gasteiger charge is -2.07. The predicted octanol–water partition coefficient (Wildman–Crippen LogP) is 0.243. The normalized spacial score (nSPS) is 10.8. The van der Waals surface area contributed by atoms with Gasteiger partial charge in [-0.05, 0) is 13.0 Å². The predicted molar refractivity (Wildman–Crippen MR) is 76.7 cm³/mol. The van der Waals surface area contributed by atoms with Gasteiger partial charge in [-0.3, -0.25) is 14.8 Å². The second-order valence-electron chi connectivity index (χ2n) is 4.12. The maximum atomic E-state index is 11.3. The summed E-state index contributed by atoms with van der Waals surface area (Å²) in [6.45, 7) is 1.88. The molecule has 8 nitrogen and oxygen atoms in total. The standard InChI is InChI=1S/C13H16N6O2/c1-9-7-19(8-16-9)12-13(21-3)17-10(6-15-12)4-5-11(20)18-14-2/h4-8,14H,1-3H3,(H,18,20)/b5-4+. The molecule has 0 saturated carbocycles. The first-order valence-electron chi connectivity index (χ1n) is 6.21. The number of nitrogens with one attached hydrogen (secondary N) is 2. The van der Waals surface area contributed by atoms with Crippen molar-refractivity contribution in [2.75, 3.05) is 14.2 Å². The third kappa shape index (κ3) is 3.63. The number of aromatic nitrogens is 4. The first-order valence-corrected chi connectivity index (χ1v) is 6.21. The highest BCUT2D eigenvalue weighted by molar-refractivity contribution is 5.91. The third-order valence-corrected chi connectivity index (χ3v) is 2.54. The maximum Gasteiger partial charge on any atom is 0.258 e. The van der Waals surface area contributed by atoms with Crippen molar-refractivity contribution in [1.82, 2.24) is 30.4 Å². The molecule has 0 spiro atoms. The van der Waals surface area contributed by atoms with Gasteiger partial charge in [0.25, 0.3) is 11.8 Å². The van der Waals surface area contributed by atoms with E-state index in [0.29, 0.717) is 17.4 Å². The van der Waals surface area contributed by atoms with Gasteiger partial charge in [0.2, 0.25) is 5.82 Å². The van der Waals surface area contributed by atoms with Crippen LogP contribution in [0.1, 0.15) is 11.4 Å². The Balaban J connectivity index is 2.26. The number of hydrogen-bond acceptors (Lipinski definition) is 6. The molecule has 21 heavy (non-hydrogen) atoms. The van der Waals surface area contributed by atoms with Crippen LogP contribution in [-0.4, -0.2) is 39.6 Å². The van der Waals surface area contributed by atoms with Crippen molar-refractivity contribution in [1.29, 1.82) is 0 Å². The summed E-state index contributed by atoms with van der Waals surface area (Å²) in [4.78, 5) is 24.0. The summed E-state index contributed by atoms with van der Waals surface area (Å²) in [7, 11) is 3.12. The number of ether oxygens (including phenoxy) is 1. The molecule has 8 heteroatoms. The summed E-state index contributed by atoms with van der Waals surface area (Å²) < 4.78 is 6.96. The molecular formula is C13H16N6O2. The smallest absolute Gasteiger partial charge is 0.258 e. The van der Waals surface area contributed by atoms with Crippen LogP contribution in [0.2, 0.25) is 0 Å². The van der Waals surface area contributed by atoms with Gasteiger partial charge < -0.3 is 4.74 Å². The molecule has 2 N–H and O–H groups in total. The number of hydrazine groups is 1. The molecule has 2 aromatic heterocycles. The van der Waals surface area contributed by atoms with Crippen LogP contribution in [0.3, 0.4) is 0 Å². The molecule has 0 aliphatic carbocycles. The van der Waals surface area contributed by atoms with Crippen LogP contribution in [0.5, 0.6) is 5.88 Å². The zero-order valence-corrected chi connectivity index (χ0v) is 12.0. The third-order valence-electron chi connectivity index (χ3n) is 2.54. The summed E-state index contributed by atoms with van der Waals surface area (Å²) in [5.74, 6) is 0.603. The van der Waals surface area contributed by atoms with E-state index in [1.165, 1.54) is 13.2 Å². The van der Waals surface area contributed by atoms with Crippen LogP contribution in [0.4, 0.5) is 0 Å². The molecule has 0 radical (unpaired) electrons. The lowest BCUT2D eigenvalue weighted by molar-refractivity contribution is -0.117. The van der Waals surface area contributed by atoms with Crippen molar-refractivity contribution in [2.24, 2.45) is 0 Å². The lowest BCUT2D eigenvalue weighted by atomic mass is 10.4. The molecule has 0 aromatic carbocycles. The van der Waals surface area contributed by atoms with Crippen molar-refractivity contribution in [3.05, 3.63) is 36.2 Å². The molecule has 1 amide bonds. The Morgan fingerprint density at radius 3 is 2.86 bits per heavy atom. The van der Waals surface area contributed by atoms with Crippen molar-refractivity contribution < 1.29 is 9.53 Å². The van der Waals surface area contributed by atoms with Crippen LogP contribution in [0.25, 0.3) is 11.9 Å². The van der Waals surface area contributed by atoms with Crippen molar-refractivity contribution in [3.8, 4) is 11.7 Å². The minimum atomic E-state index is -0.285. The highest BCUT2D eigenvalue weighted by atomic mass is 16.5. The number of amides is 1. The molecule has 2 heterocycles. The van der Waals surface area contributed by atoms with Crippen molar-refractivity contribution >= 4 is 12.0 Å². The number of hydrogen-bond donors (Lipinski definition) is 2. The van der Waals surface area contributed by atoms with Crippen molar-refractivity contribution in [3.63, 3.8) is 0 Å². The van der Waals surface area contributed by atoms with Crippen molar-refractivity contribution in [2.45, 2.75) is 6.92 Å². The summed E-state index contributed by atoms with van der Waals surface area (Å²) in [6.07, 6.45) is 7.91. The number of carbonyl (C=O) groups excluding carboxylic acids is 1. The highest BCUT2D eigenvalue weighted by Crippen LogP contribution is 2.18. The van der Waals surface area contributed by atoms with E-state index in [4.69, 9.17) is 4.74 Å². The van der Waals surface area contributed by atoms with Gasteiger partial charge in [0.1, 0.15) is 6.33 Å². The number of nitrogens with zero attached hydrogens (tertiary/aromatic N) is 4.